The molecule has 0 spiro atoms. The number of amides is 1. The molecule has 29 heavy (non-hydrogen) atoms. The van der Waals surface area contributed by atoms with Crippen molar-refractivity contribution < 1.29 is 13.2 Å². The third-order valence-corrected chi connectivity index (χ3v) is 7.36. The standard InChI is InChI=1S/C21H25N3O3S.ClH/c1-15-14-23(11-10-22-15)21(25)18-7-5-8-19(13-18)28(26,27)24-16(2)12-17-6-3-4-9-20(17)24;/h3-9,13,15-16,22H,10-12,14H2,1-2H3;1H. The molecule has 0 bridgehead atoms. The summed E-state index contributed by atoms with van der Waals surface area (Å²) in [6, 6.07) is 14.1. The number of carbonyl (C=O) groups is 1. The lowest BCUT2D eigenvalue weighted by molar-refractivity contribution is 0.0709. The molecule has 2 aliphatic heterocycles. The van der Waals surface area contributed by atoms with Gasteiger partial charge in [-0.1, -0.05) is 24.3 Å². The van der Waals surface area contributed by atoms with Crippen molar-refractivity contribution in [1.82, 2.24) is 10.2 Å². The first-order valence-electron chi connectivity index (χ1n) is 9.63. The highest BCUT2D eigenvalue weighted by atomic mass is 35.5. The number of benzene rings is 2. The van der Waals surface area contributed by atoms with Crippen LogP contribution in [-0.4, -0.2) is 50.9 Å². The van der Waals surface area contributed by atoms with Gasteiger partial charge in [0.2, 0.25) is 0 Å². The molecule has 0 aliphatic carbocycles. The molecule has 2 aromatic carbocycles. The van der Waals surface area contributed by atoms with Crippen molar-refractivity contribution in [3.8, 4) is 0 Å². The van der Waals surface area contributed by atoms with Crippen LogP contribution in [0.2, 0.25) is 0 Å². The predicted molar refractivity (Wildman–Crippen MR) is 116 cm³/mol. The lowest BCUT2D eigenvalue weighted by atomic mass is 10.1. The number of fused-ring (bicyclic) bond motifs is 1. The van der Waals surface area contributed by atoms with Crippen LogP contribution in [0.4, 0.5) is 5.69 Å². The number of nitrogens with zero attached hydrogens (tertiary/aromatic N) is 2. The highest BCUT2D eigenvalue weighted by molar-refractivity contribution is 7.92. The van der Waals surface area contributed by atoms with Gasteiger partial charge in [-0.15, -0.1) is 12.4 Å². The topological polar surface area (TPSA) is 69.7 Å². The number of nitrogens with one attached hydrogen (secondary N) is 1. The Hall–Kier alpha value is -2.09. The van der Waals surface area contributed by atoms with Crippen molar-refractivity contribution in [3.05, 3.63) is 59.7 Å². The van der Waals surface area contributed by atoms with Gasteiger partial charge < -0.3 is 10.2 Å². The molecule has 156 valence electrons. The van der Waals surface area contributed by atoms with Gasteiger partial charge >= 0.3 is 0 Å². The van der Waals surface area contributed by atoms with Crippen LogP contribution in [0.3, 0.4) is 0 Å². The second kappa shape index (κ2) is 8.34. The zero-order valence-electron chi connectivity index (χ0n) is 16.5. The smallest absolute Gasteiger partial charge is 0.264 e. The summed E-state index contributed by atoms with van der Waals surface area (Å²) < 4.78 is 28.3. The number of sulfonamides is 1. The second-order valence-electron chi connectivity index (χ2n) is 7.62. The van der Waals surface area contributed by atoms with E-state index in [9.17, 15) is 13.2 Å². The van der Waals surface area contributed by atoms with Crippen LogP contribution in [0.25, 0.3) is 0 Å². The minimum absolute atomic E-state index is 0. The van der Waals surface area contributed by atoms with E-state index in [4.69, 9.17) is 0 Å². The summed E-state index contributed by atoms with van der Waals surface area (Å²) in [5.74, 6) is -0.125. The van der Waals surface area contributed by atoms with E-state index in [-0.39, 0.29) is 35.3 Å². The summed E-state index contributed by atoms with van der Waals surface area (Å²) in [6.07, 6.45) is 0.687. The summed E-state index contributed by atoms with van der Waals surface area (Å²) in [5.41, 5.74) is 2.17. The first-order chi connectivity index (χ1) is 13.4. The maximum Gasteiger partial charge on any atom is 0.264 e. The molecule has 8 heteroatoms. The van der Waals surface area contributed by atoms with E-state index in [1.54, 1.807) is 23.1 Å². The fourth-order valence-electron chi connectivity index (χ4n) is 4.11. The molecule has 0 aromatic heterocycles. The van der Waals surface area contributed by atoms with E-state index in [2.05, 4.69) is 5.32 Å². The Kier molecular flexibility index (Phi) is 6.22. The van der Waals surface area contributed by atoms with Crippen molar-refractivity contribution >= 4 is 34.0 Å². The summed E-state index contributed by atoms with van der Waals surface area (Å²) in [4.78, 5) is 14.8. The van der Waals surface area contributed by atoms with Crippen molar-refractivity contribution in [3.63, 3.8) is 0 Å². The van der Waals surface area contributed by atoms with Crippen LogP contribution in [0.15, 0.2) is 53.4 Å². The number of piperazine rings is 1. The highest BCUT2D eigenvalue weighted by Crippen LogP contribution is 2.36. The number of para-hydroxylation sites is 1. The summed E-state index contributed by atoms with van der Waals surface area (Å²) in [6.45, 7) is 5.93. The van der Waals surface area contributed by atoms with E-state index >= 15 is 0 Å². The summed E-state index contributed by atoms with van der Waals surface area (Å²) >= 11 is 0. The lowest BCUT2D eigenvalue weighted by Gasteiger charge is -2.32. The summed E-state index contributed by atoms with van der Waals surface area (Å²) in [7, 11) is -3.75. The SMILES string of the molecule is CC1CN(C(=O)c2cccc(S(=O)(=O)N3c4ccccc4CC3C)c2)CCN1.Cl. The van der Waals surface area contributed by atoms with Gasteiger partial charge in [-0.05, 0) is 50.1 Å². The molecule has 2 unspecified atom stereocenters. The molecule has 1 N–H and O–H groups in total. The Morgan fingerprint density at radius 1 is 1.10 bits per heavy atom. The van der Waals surface area contributed by atoms with Crippen molar-refractivity contribution in [1.29, 1.82) is 0 Å². The molecule has 1 amide bonds. The maximum absolute atomic E-state index is 13.4. The molecule has 2 aromatic rings. The van der Waals surface area contributed by atoms with Crippen LogP contribution in [0.5, 0.6) is 0 Å². The zero-order valence-corrected chi connectivity index (χ0v) is 18.2. The number of carbonyl (C=O) groups excluding carboxylic acids is 1. The molecule has 1 fully saturated rings. The van der Waals surface area contributed by atoms with Crippen LogP contribution in [0, 0.1) is 0 Å². The van der Waals surface area contributed by atoms with Gasteiger partial charge in [0.15, 0.2) is 0 Å². The normalized spacial score (nSPS) is 21.4. The number of anilines is 1. The van der Waals surface area contributed by atoms with Crippen molar-refractivity contribution in [2.24, 2.45) is 0 Å². The van der Waals surface area contributed by atoms with E-state index in [0.717, 1.165) is 17.8 Å². The van der Waals surface area contributed by atoms with Gasteiger partial charge in [0, 0.05) is 37.3 Å². The van der Waals surface area contributed by atoms with Gasteiger partial charge in [0.25, 0.3) is 15.9 Å². The number of hydrogen-bond acceptors (Lipinski definition) is 4. The highest BCUT2D eigenvalue weighted by Gasteiger charge is 2.36. The van der Waals surface area contributed by atoms with Crippen LogP contribution in [-0.2, 0) is 16.4 Å². The molecule has 2 aliphatic rings. The Bertz CT molecular complexity index is 1010. The van der Waals surface area contributed by atoms with Gasteiger partial charge in [-0.3, -0.25) is 9.10 Å². The number of hydrogen-bond donors (Lipinski definition) is 1. The van der Waals surface area contributed by atoms with Crippen LogP contribution >= 0.6 is 12.4 Å². The maximum atomic E-state index is 13.4. The van der Waals surface area contributed by atoms with Crippen molar-refractivity contribution in [2.45, 2.75) is 37.2 Å². The fourth-order valence-corrected chi connectivity index (χ4v) is 5.84. The Balaban J connectivity index is 0.00000240. The largest absolute Gasteiger partial charge is 0.336 e. The van der Waals surface area contributed by atoms with E-state index in [1.807, 2.05) is 38.1 Å². The van der Waals surface area contributed by atoms with E-state index < -0.39 is 10.0 Å². The second-order valence-corrected chi connectivity index (χ2v) is 9.43. The van der Waals surface area contributed by atoms with E-state index in [1.165, 1.54) is 10.4 Å². The molecule has 2 heterocycles. The minimum Gasteiger partial charge on any atom is -0.336 e. The first-order valence-corrected chi connectivity index (χ1v) is 11.1. The molecule has 0 saturated carbocycles. The van der Waals surface area contributed by atoms with E-state index in [0.29, 0.717) is 25.1 Å². The molecule has 0 radical (unpaired) electrons. The van der Waals surface area contributed by atoms with Crippen LogP contribution < -0.4 is 9.62 Å². The lowest BCUT2D eigenvalue weighted by Crippen LogP contribution is -2.51. The molecular formula is C21H26ClN3O3S. The first kappa shape index (κ1) is 21.6. The predicted octanol–water partition coefficient (Wildman–Crippen LogP) is 2.68. The zero-order chi connectivity index (χ0) is 19.9. The molecule has 4 rings (SSSR count). The molecule has 6 nitrogen and oxygen atoms in total. The van der Waals surface area contributed by atoms with Gasteiger partial charge in [0.05, 0.1) is 10.6 Å². The average molecular weight is 436 g/mol. The Labute approximate surface area is 178 Å². The minimum atomic E-state index is -3.75. The third kappa shape index (κ3) is 3.99. The number of halogens is 1. The molecular weight excluding hydrogens is 410 g/mol. The van der Waals surface area contributed by atoms with Gasteiger partial charge in [-0.2, -0.15) is 0 Å². The third-order valence-electron chi connectivity index (χ3n) is 5.44. The van der Waals surface area contributed by atoms with Crippen molar-refractivity contribution in [2.75, 3.05) is 23.9 Å². The quantitative estimate of drug-likeness (QED) is 0.804. The van der Waals surface area contributed by atoms with Gasteiger partial charge in [0.1, 0.15) is 0 Å². The van der Waals surface area contributed by atoms with Gasteiger partial charge in [-0.25, -0.2) is 8.42 Å². The molecule has 2 atom stereocenters. The molecule has 1 saturated heterocycles. The fraction of sp³-hybridized carbons (Fsp3) is 0.381. The van der Waals surface area contributed by atoms with Crippen LogP contribution in [0.1, 0.15) is 29.8 Å². The summed E-state index contributed by atoms with van der Waals surface area (Å²) in [5, 5.41) is 3.31. The monoisotopic (exact) mass is 435 g/mol. The Morgan fingerprint density at radius 3 is 2.62 bits per heavy atom. The number of rotatable bonds is 3. The Morgan fingerprint density at radius 2 is 1.86 bits per heavy atom. The average Bonchev–Trinajstić information content (AvgIpc) is 3.04.